The number of hydrogen-bond donors (Lipinski definition) is 2. The van der Waals surface area contributed by atoms with Gasteiger partial charge in [0.25, 0.3) is 0 Å². The highest BCUT2D eigenvalue weighted by Gasteiger charge is 2.28. The first-order valence-corrected chi connectivity index (χ1v) is 7.67. The summed E-state index contributed by atoms with van der Waals surface area (Å²) in [4.78, 5) is 15.9. The van der Waals surface area contributed by atoms with Crippen LogP contribution in [0.2, 0.25) is 0 Å². The fourth-order valence-corrected chi connectivity index (χ4v) is 2.78. The van der Waals surface area contributed by atoms with Crippen LogP contribution in [0, 0.1) is 0 Å². The molecule has 1 aliphatic carbocycles. The van der Waals surface area contributed by atoms with E-state index in [9.17, 15) is 9.90 Å². The molecule has 0 bridgehead atoms. The predicted molar refractivity (Wildman–Crippen MR) is 83.3 cm³/mol. The molecule has 1 aromatic heterocycles. The highest BCUT2D eigenvalue weighted by Crippen LogP contribution is 2.27. The van der Waals surface area contributed by atoms with E-state index in [0.717, 1.165) is 25.7 Å². The maximum Gasteiger partial charge on any atom is 0.343 e. The summed E-state index contributed by atoms with van der Waals surface area (Å²) in [5.74, 6) is 0.296. The largest absolute Gasteiger partial charge is 0.480 e. The molecule has 0 amide bonds. The van der Waals surface area contributed by atoms with Gasteiger partial charge in [-0.25, -0.2) is 4.79 Å². The summed E-state index contributed by atoms with van der Waals surface area (Å²) >= 11 is 0. The van der Waals surface area contributed by atoms with Gasteiger partial charge in [0, 0.05) is 6.54 Å². The fraction of sp³-hybridized carbons (Fsp3) is 0.625. The van der Waals surface area contributed by atoms with Gasteiger partial charge in [-0.05, 0) is 25.0 Å². The van der Waals surface area contributed by atoms with Crippen molar-refractivity contribution in [2.45, 2.75) is 44.1 Å². The highest BCUT2D eigenvalue weighted by atomic mass is 16.5. The van der Waals surface area contributed by atoms with Crippen molar-refractivity contribution in [1.82, 2.24) is 4.98 Å². The zero-order valence-corrected chi connectivity index (χ0v) is 13.2. The minimum absolute atomic E-state index is 0.213. The Morgan fingerprint density at radius 3 is 2.55 bits per heavy atom. The molecule has 0 saturated heterocycles. The molecule has 0 radical (unpaired) electrons. The molecule has 1 aliphatic rings. The van der Waals surface area contributed by atoms with Gasteiger partial charge in [-0.15, -0.1) is 0 Å². The average molecular weight is 308 g/mol. The SMILES string of the molecule is COC(=O)c1ccc(NCC2(O)CCCCCC2)nc1OC. The van der Waals surface area contributed by atoms with Crippen molar-refractivity contribution in [3.05, 3.63) is 17.7 Å². The maximum atomic E-state index is 11.6. The van der Waals surface area contributed by atoms with Crippen molar-refractivity contribution in [1.29, 1.82) is 0 Å². The van der Waals surface area contributed by atoms with E-state index < -0.39 is 11.6 Å². The quantitative estimate of drug-likeness (QED) is 0.642. The third-order valence-corrected chi connectivity index (χ3v) is 4.09. The number of rotatable bonds is 5. The molecule has 0 atom stereocenters. The van der Waals surface area contributed by atoms with Crippen LogP contribution in [0.5, 0.6) is 5.88 Å². The Labute approximate surface area is 130 Å². The standard InChI is InChI=1S/C16H24N2O4/c1-21-14-12(15(19)22-2)7-8-13(18-14)17-11-16(20)9-5-3-4-6-10-16/h7-8,20H,3-6,9-11H2,1-2H3,(H,17,18). The summed E-state index contributed by atoms with van der Waals surface area (Å²) in [6.45, 7) is 0.445. The molecule has 0 unspecified atom stereocenters. The van der Waals surface area contributed by atoms with Crippen LogP contribution in [0.1, 0.15) is 48.9 Å². The third-order valence-electron chi connectivity index (χ3n) is 4.09. The molecule has 122 valence electrons. The van der Waals surface area contributed by atoms with Crippen molar-refractivity contribution in [3.63, 3.8) is 0 Å². The minimum atomic E-state index is -0.688. The third kappa shape index (κ3) is 4.10. The Balaban J connectivity index is 2.05. The second-order valence-corrected chi connectivity index (χ2v) is 5.74. The zero-order valence-electron chi connectivity index (χ0n) is 13.2. The second kappa shape index (κ2) is 7.45. The van der Waals surface area contributed by atoms with Gasteiger partial charge in [-0.2, -0.15) is 4.98 Å². The van der Waals surface area contributed by atoms with Crippen molar-refractivity contribution in [3.8, 4) is 5.88 Å². The van der Waals surface area contributed by atoms with Crippen LogP contribution in [0.25, 0.3) is 0 Å². The number of aromatic nitrogens is 1. The van der Waals surface area contributed by atoms with Crippen molar-refractivity contribution < 1.29 is 19.4 Å². The monoisotopic (exact) mass is 308 g/mol. The molecule has 2 rings (SSSR count). The molecular weight excluding hydrogens is 284 g/mol. The van der Waals surface area contributed by atoms with Gasteiger partial charge < -0.3 is 19.9 Å². The van der Waals surface area contributed by atoms with E-state index in [1.54, 1.807) is 12.1 Å². The number of ether oxygens (including phenoxy) is 2. The predicted octanol–water partition coefficient (Wildman–Crippen LogP) is 2.37. The minimum Gasteiger partial charge on any atom is -0.480 e. The van der Waals surface area contributed by atoms with Gasteiger partial charge in [0.05, 0.1) is 19.8 Å². The Morgan fingerprint density at radius 1 is 1.27 bits per heavy atom. The van der Waals surface area contributed by atoms with Crippen LogP contribution in [0.4, 0.5) is 5.82 Å². The summed E-state index contributed by atoms with van der Waals surface area (Å²) in [5.41, 5.74) is -0.407. The van der Waals surface area contributed by atoms with Gasteiger partial charge in [0.15, 0.2) is 0 Å². The number of aliphatic hydroxyl groups is 1. The zero-order chi connectivity index (χ0) is 16.0. The summed E-state index contributed by atoms with van der Waals surface area (Å²) in [6.07, 6.45) is 6.07. The summed E-state index contributed by atoms with van der Waals surface area (Å²) in [5, 5.41) is 13.8. The lowest BCUT2D eigenvalue weighted by atomic mass is 9.94. The lowest BCUT2D eigenvalue weighted by Crippen LogP contribution is -2.36. The van der Waals surface area contributed by atoms with Gasteiger partial charge in [0.1, 0.15) is 11.4 Å². The van der Waals surface area contributed by atoms with E-state index >= 15 is 0 Å². The van der Waals surface area contributed by atoms with Gasteiger partial charge >= 0.3 is 5.97 Å². The summed E-state index contributed by atoms with van der Waals surface area (Å²) < 4.78 is 9.82. The number of esters is 1. The summed E-state index contributed by atoms with van der Waals surface area (Å²) in [7, 11) is 2.77. The molecule has 1 heterocycles. The number of methoxy groups -OCH3 is 2. The van der Waals surface area contributed by atoms with Gasteiger partial charge in [-0.3, -0.25) is 0 Å². The molecule has 1 fully saturated rings. The topological polar surface area (TPSA) is 80.7 Å². The van der Waals surface area contributed by atoms with Crippen LogP contribution in [-0.4, -0.2) is 42.4 Å². The smallest absolute Gasteiger partial charge is 0.343 e. The molecule has 22 heavy (non-hydrogen) atoms. The highest BCUT2D eigenvalue weighted by molar-refractivity contribution is 5.92. The number of anilines is 1. The first kappa shape index (κ1) is 16.5. The number of pyridine rings is 1. The molecule has 1 aromatic rings. The summed E-state index contributed by atoms with van der Waals surface area (Å²) in [6, 6.07) is 3.30. The fourth-order valence-electron chi connectivity index (χ4n) is 2.78. The number of nitrogens with zero attached hydrogens (tertiary/aromatic N) is 1. The average Bonchev–Trinajstić information content (AvgIpc) is 2.77. The van der Waals surface area contributed by atoms with Crippen molar-refractivity contribution >= 4 is 11.8 Å². The molecule has 0 aliphatic heterocycles. The van der Waals surface area contributed by atoms with E-state index in [1.165, 1.54) is 27.1 Å². The normalized spacial score (nSPS) is 17.4. The second-order valence-electron chi connectivity index (χ2n) is 5.74. The number of carbonyl (C=O) groups is 1. The Morgan fingerprint density at radius 2 is 1.95 bits per heavy atom. The molecule has 6 heteroatoms. The van der Waals surface area contributed by atoms with E-state index in [0.29, 0.717) is 12.4 Å². The first-order chi connectivity index (χ1) is 10.6. The van der Waals surface area contributed by atoms with Crippen LogP contribution >= 0.6 is 0 Å². The van der Waals surface area contributed by atoms with Crippen LogP contribution in [0.15, 0.2) is 12.1 Å². The molecule has 0 spiro atoms. The molecule has 2 N–H and O–H groups in total. The van der Waals surface area contributed by atoms with E-state index in [-0.39, 0.29) is 11.4 Å². The van der Waals surface area contributed by atoms with Crippen molar-refractivity contribution in [2.75, 3.05) is 26.1 Å². The lowest BCUT2D eigenvalue weighted by Gasteiger charge is -2.27. The first-order valence-electron chi connectivity index (χ1n) is 7.67. The Kier molecular flexibility index (Phi) is 5.60. The van der Waals surface area contributed by atoms with Crippen molar-refractivity contribution in [2.24, 2.45) is 0 Å². The van der Waals surface area contributed by atoms with E-state index in [4.69, 9.17) is 4.74 Å². The van der Waals surface area contributed by atoms with E-state index in [2.05, 4.69) is 15.0 Å². The molecule has 6 nitrogen and oxygen atoms in total. The number of carbonyl (C=O) groups excluding carboxylic acids is 1. The van der Waals surface area contributed by atoms with Gasteiger partial charge in [0.2, 0.25) is 5.88 Å². The number of nitrogens with one attached hydrogen (secondary N) is 1. The Bertz CT molecular complexity index is 511. The molecular formula is C16H24N2O4. The van der Waals surface area contributed by atoms with Crippen LogP contribution in [-0.2, 0) is 4.74 Å². The lowest BCUT2D eigenvalue weighted by molar-refractivity contribution is 0.0380. The maximum absolute atomic E-state index is 11.6. The Hall–Kier alpha value is -1.82. The van der Waals surface area contributed by atoms with Crippen LogP contribution < -0.4 is 10.1 Å². The molecule has 1 saturated carbocycles. The number of hydrogen-bond acceptors (Lipinski definition) is 6. The van der Waals surface area contributed by atoms with Gasteiger partial charge in [-0.1, -0.05) is 25.7 Å². The molecule has 0 aromatic carbocycles. The van der Waals surface area contributed by atoms with E-state index in [1.807, 2.05) is 0 Å². The van der Waals surface area contributed by atoms with Crippen LogP contribution in [0.3, 0.4) is 0 Å².